The van der Waals surface area contributed by atoms with Gasteiger partial charge in [0.05, 0.1) is 16.3 Å². The van der Waals surface area contributed by atoms with Gasteiger partial charge in [0.1, 0.15) is 0 Å². The average molecular weight is 364 g/mol. The van der Waals surface area contributed by atoms with Gasteiger partial charge in [-0.25, -0.2) is 9.78 Å². The molecule has 0 bridgehead atoms. The lowest BCUT2D eigenvalue weighted by Gasteiger charge is -2.23. The number of anilines is 1. The minimum absolute atomic E-state index is 0.329. The van der Waals surface area contributed by atoms with Crippen molar-refractivity contribution in [2.24, 2.45) is 0 Å². The number of thiazole rings is 1. The molecule has 2 aromatic carbocycles. The van der Waals surface area contributed by atoms with Crippen LogP contribution in [0.15, 0.2) is 53.9 Å². The summed E-state index contributed by atoms with van der Waals surface area (Å²) in [5.74, 6) is -0.786. The van der Waals surface area contributed by atoms with Crippen LogP contribution in [0, 0.1) is 6.92 Å². The molecule has 1 unspecified atom stereocenters. The Kier molecular flexibility index (Phi) is 4.26. The molecule has 1 aromatic heterocycles. The van der Waals surface area contributed by atoms with Crippen molar-refractivity contribution >= 4 is 28.9 Å². The third-order valence-electron chi connectivity index (χ3n) is 4.25. The standard InChI is InChI=1S/C20H16N2O3S/c1-12-21-17(11-26-12)13-6-8-15(9-7-13)22-19(23)18-10-14-4-2-3-5-16(14)20(24)25-18/h2-9,11,18H,10H2,1H3,(H,22,23). The summed E-state index contributed by atoms with van der Waals surface area (Å²) in [6, 6.07) is 14.7. The highest BCUT2D eigenvalue weighted by Crippen LogP contribution is 2.24. The number of hydrogen-bond acceptors (Lipinski definition) is 5. The second-order valence-electron chi connectivity index (χ2n) is 6.07. The number of amides is 1. The Morgan fingerprint density at radius 1 is 1.19 bits per heavy atom. The molecule has 1 N–H and O–H groups in total. The number of esters is 1. The monoisotopic (exact) mass is 364 g/mol. The molecule has 3 aromatic rings. The van der Waals surface area contributed by atoms with Crippen molar-refractivity contribution in [3.63, 3.8) is 0 Å². The maximum Gasteiger partial charge on any atom is 0.339 e. The van der Waals surface area contributed by atoms with Gasteiger partial charge in [0.25, 0.3) is 5.91 Å². The normalized spacial score (nSPS) is 15.9. The van der Waals surface area contributed by atoms with Crippen LogP contribution in [0.25, 0.3) is 11.3 Å². The van der Waals surface area contributed by atoms with Crippen molar-refractivity contribution in [2.45, 2.75) is 19.4 Å². The second-order valence-corrected chi connectivity index (χ2v) is 7.14. The molecule has 1 aliphatic heterocycles. The number of aryl methyl sites for hydroxylation is 1. The number of fused-ring (bicyclic) bond motifs is 1. The zero-order valence-electron chi connectivity index (χ0n) is 14.1. The Morgan fingerprint density at radius 2 is 1.96 bits per heavy atom. The molecule has 0 aliphatic carbocycles. The number of cyclic esters (lactones) is 1. The summed E-state index contributed by atoms with van der Waals surface area (Å²) in [4.78, 5) is 29.0. The summed E-state index contributed by atoms with van der Waals surface area (Å²) in [7, 11) is 0. The molecular weight excluding hydrogens is 348 g/mol. The summed E-state index contributed by atoms with van der Waals surface area (Å²) in [5.41, 5.74) is 3.92. The van der Waals surface area contributed by atoms with Gasteiger partial charge in [-0.1, -0.05) is 30.3 Å². The van der Waals surface area contributed by atoms with Crippen molar-refractivity contribution in [2.75, 3.05) is 5.32 Å². The smallest absolute Gasteiger partial charge is 0.339 e. The van der Waals surface area contributed by atoms with Crippen LogP contribution in [0.2, 0.25) is 0 Å². The molecule has 1 atom stereocenters. The Labute approximate surface area is 154 Å². The number of nitrogens with one attached hydrogen (secondary N) is 1. The summed E-state index contributed by atoms with van der Waals surface area (Å²) in [6.07, 6.45) is -0.442. The zero-order chi connectivity index (χ0) is 18.1. The molecule has 2 heterocycles. The van der Waals surface area contributed by atoms with E-state index in [9.17, 15) is 9.59 Å². The predicted octanol–water partition coefficient (Wildman–Crippen LogP) is 3.84. The first kappa shape index (κ1) is 16.5. The largest absolute Gasteiger partial charge is 0.448 e. The molecule has 0 spiro atoms. The van der Waals surface area contributed by atoms with Crippen molar-refractivity contribution < 1.29 is 14.3 Å². The van der Waals surface area contributed by atoms with Gasteiger partial charge < -0.3 is 10.1 Å². The third-order valence-corrected chi connectivity index (χ3v) is 5.03. The quantitative estimate of drug-likeness (QED) is 0.717. The Hall–Kier alpha value is -2.99. The molecular formula is C20H16N2O3S. The van der Waals surface area contributed by atoms with Gasteiger partial charge >= 0.3 is 5.97 Å². The number of nitrogens with zero attached hydrogens (tertiary/aromatic N) is 1. The lowest BCUT2D eigenvalue weighted by molar-refractivity contribution is -0.125. The van der Waals surface area contributed by atoms with Crippen LogP contribution < -0.4 is 5.32 Å². The van der Waals surface area contributed by atoms with E-state index in [0.717, 1.165) is 21.8 Å². The van der Waals surface area contributed by atoms with E-state index in [1.54, 1.807) is 23.5 Å². The fraction of sp³-hybridized carbons (Fsp3) is 0.150. The van der Waals surface area contributed by atoms with E-state index < -0.39 is 12.1 Å². The molecule has 1 amide bonds. The van der Waals surface area contributed by atoms with Crippen LogP contribution in [0.3, 0.4) is 0 Å². The van der Waals surface area contributed by atoms with Crippen LogP contribution in [-0.4, -0.2) is 23.0 Å². The molecule has 130 valence electrons. The fourth-order valence-corrected chi connectivity index (χ4v) is 3.54. The molecule has 0 radical (unpaired) electrons. The Bertz CT molecular complexity index is 979. The van der Waals surface area contributed by atoms with Gasteiger partial charge in [0, 0.05) is 23.1 Å². The van der Waals surface area contributed by atoms with Gasteiger partial charge in [-0.15, -0.1) is 11.3 Å². The first-order valence-electron chi connectivity index (χ1n) is 8.22. The van der Waals surface area contributed by atoms with E-state index in [0.29, 0.717) is 17.7 Å². The maximum atomic E-state index is 12.5. The van der Waals surface area contributed by atoms with E-state index in [4.69, 9.17) is 4.74 Å². The van der Waals surface area contributed by atoms with Crippen molar-refractivity contribution in [1.82, 2.24) is 4.98 Å². The fourth-order valence-electron chi connectivity index (χ4n) is 2.92. The van der Waals surface area contributed by atoms with Gasteiger partial charge in [-0.05, 0) is 30.7 Å². The first-order valence-corrected chi connectivity index (χ1v) is 9.10. The number of ether oxygens (including phenoxy) is 1. The lowest BCUT2D eigenvalue weighted by Crippen LogP contribution is -2.37. The van der Waals surface area contributed by atoms with Crippen molar-refractivity contribution in [3.05, 3.63) is 70.0 Å². The molecule has 0 saturated heterocycles. The Morgan fingerprint density at radius 3 is 2.69 bits per heavy atom. The first-order chi connectivity index (χ1) is 12.6. The molecule has 0 saturated carbocycles. The highest BCUT2D eigenvalue weighted by molar-refractivity contribution is 7.09. The maximum absolute atomic E-state index is 12.5. The number of carbonyl (C=O) groups is 2. The van der Waals surface area contributed by atoms with Crippen LogP contribution in [-0.2, 0) is 16.0 Å². The predicted molar refractivity (Wildman–Crippen MR) is 100 cm³/mol. The number of rotatable bonds is 3. The van der Waals surface area contributed by atoms with Crippen LogP contribution >= 0.6 is 11.3 Å². The zero-order valence-corrected chi connectivity index (χ0v) is 14.9. The summed E-state index contributed by atoms with van der Waals surface area (Å²) in [6.45, 7) is 1.96. The molecule has 5 nitrogen and oxygen atoms in total. The minimum atomic E-state index is -0.821. The van der Waals surface area contributed by atoms with Crippen LogP contribution in [0.1, 0.15) is 20.9 Å². The number of aromatic nitrogens is 1. The number of benzene rings is 2. The summed E-state index contributed by atoms with van der Waals surface area (Å²) in [5, 5.41) is 5.83. The Balaban J connectivity index is 1.46. The average Bonchev–Trinajstić information content (AvgIpc) is 3.09. The van der Waals surface area contributed by atoms with E-state index >= 15 is 0 Å². The van der Waals surface area contributed by atoms with Gasteiger partial charge in [0.15, 0.2) is 6.10 Å². The van der Waals surface area contributed by atoms with E-state index in [-0.39, 0.29) is 5.91 Å². The molecule has 0 fully saturated rings. The van der Waals surface area contributed by atoms with Crippen molar-refractivity contribution in [1.29, 1.82) is 0 Å². The number of hydrogen-bond donors (Lipinski definition) is 1. The number of carbonyl (C=O) groups excluding carboxylic acids is 2. The molecule has 1 aliphatic rings. The van der Waals surface area contributed by atoms with Crippen LogP contribution in [0.5, 0.6) is 0 Å². The molecule has 6 heteroatoms. The van der Waals surface area contributed by atoms with Crippen molar-refractivity contribution in [3.8, 4) is 11.3 Å². The summed E-state index contributed by atoms with van der Waals surface area (Å²) >= 11 is 1.60. The SMILES string of the molecule is Cc1nc(-c2ccc(NC(=O)C3Cc4ccccc4C(=O)O3)cc2)cs1. The second kappa shape index (κ2) is 6.72. The van der Waals surface area contributed by atoms with E-state index in [2.05, 4.69) is 10.3 Å². The molecule has 4 rings (SSSR count). The highest BCUT2D eigenvalue weighted by atomic mass is 32.1. The molecule has 26 heavy (non-hydrogen) atoms. The minimum Gasteiger partial charge on any atom is -0.448 e. The van der Waals surface area contributed by atoms with Gasteiger partial charge in [0.2, 0.25) is 0 Å². The highest BCUT2D eigenvalue weighted by Gasteiger charge is 2.31. The van der Waals surface area contributed by atoms with Gasteiger partial charge in [-0.3, -0.25) is 4.79 Å². The third kappa shape index (κ3) is 3.23. The van der Waals surface area contributed by atoms with E-state index in [1.165, 1.54) is 0 Å². The van der Waals surface area contributed by atoms with E-state index in [1.807, 2.05) is 48.7 Å². The van der Waals surface area contributed by atoms with Crippen LogP contribution in [0.4, 0.5) is 5.69 Å². The topological polar surface area (TPSA) is 68.3 Å². The lowest BCUT2D eigenvalue weighted by atomic mass is 9.98. The summed E-state index contributed by atoms with van der Waals surface area (Å²) < 4.78 is 5.28. The van der Waals surface area contributed by atoms with Gasteiger partial charge in [-0.2, -0.15) is 0 Å².